The first-order valence-electron chi connectivity index (χ1n) is 25.1. The first kappa shape index (κ1) is 57.6. The van der Waals surface area contributed by atoms with E-state index in [1.807, 2.05) is 0 Å². The van der Waals surface area contributed by atoms with Crippen molar-refractivity contribution in [3.05, 3.63) is 85.1 Å². The van der Waals surface area contributed by atoms with Crippen LogP contribution in [0.4, 0.5) is 0 Å². The van der Waals surface area contributed by atoms with Gasteiger partial charge in [0.1, 0.15) is 13.2 Å². The van der Waals surface area contributed by atoms with E-state index in [9.17, 15) is 14.4 Å². The van der Waals surface area contributed by atoms with Crippen LogP contribution in [-0.2, 0) is 28.6 Å². The number of unbranched alkanes of at least 4 members (excludes halogenated alkanes) is 19. The van der Waals surface area contributed by atoms with Crippen LogP contribution in [0, 0.1) is 0 Å². The van der Waals surface area contributed by atoms with Crippen molar-refractivity contribution in [2.24, 2.45) is 0 Å². The molecule has 0 aliphatic heterocycles. The van der Waals surface area contributed by atoms with E-state index in [2.05, 4.69) is 106 Å². The molecule has 0 heterocycles. The molecule has 0 radical (unpaired) electrons. The quantitative estimate of drug-likeness (QED) is 0.0263. The molecule has 0 amide bonds. The Balaban J connectivity index is 3.86. The fraction of sp³-hybridized carbons (Fsp3) is 0.691. The highest BCUT2D eigenvalue weighted by Gasteiger charge is 2.19. The van der Waals surface area contributed by atoms with Crippen LogP contribution in [0.5, 0.6) is 0 Å². The van der Waals surface area contributed by atoms with E-state index in [4.69, 9.17) is 14.2 Å². The number of rotatable bonds is 44. The molecule has 0 aromatic carbocycles. The first-order chi connectivity index (χ1) is 30.0. The molecule has 0 saturated heterocycles. The Hall–Kier alpha value is -3.41. The average Bonchev–Trinajstić information content (AvgIpc) is 3.26. The number of carbonyl (C=O) groups excluding carboxylic acids is 3. The van der Waals surface area contributed by atoms with Crippen molar-refractivity contribution in [3.63, 3.8) is 0 Å². The van der Waals surface area contributed by atoms with E-state index in [0.717, 1.165) is 122 Å². The van der Waals surface area contributed by atoms with E-state index in [0.29, 0.717) is 19.3 Å². The van der Waals surface area contributed by atoms with Crippen molar-refractivity contribution in [1.29, 1.82) is 0 Å². The van der Waals surface area contributed by atoms with Gasteiger partial charge in [-0.05, 0) is 77.0 Å². The van der Waals surface area contributed by atoms with Crippen LogP contribution >= 0.6 is 0 Å². The lowest BCUT2D eigenvalue weighted by Crippen LogP contribution is -2.30. The largest absolute Gasteiger partial charge is 0.462 e. The monoisotopic (exact) mass is 849 g/mol. The van der Waals surface area contributed by atoms with Crippen molar-refractivity contribution in [3.8, 4) is 0 Å². The van der Waals surface area contributed by atoms with Crippen molar-refractivity contribution in [2.45, 2.75) is 232 Å². The summed E-state index contributed by atoms with van der Waals surface area (Å²) in [6.07, 6.45) is 63.8. The summed E-state index contributed by atoms with van der Waals surface area (Å²) in [6, 6.07) is 0. The minimum atomic E-state index is -0.766. The molecular formula is C55H92O6. The lowest BCUT2D eigenvalue weighted by Gasteiger charge is -2.18. The summed E-state index contributed by atoms with van der Waals surface area (Å²) < 4.78 is 16.5. The summed E-state index contributed by atoms with van der Waals surface area (Å²) in [5.74, 6) is -0.913. The molecule has 348 valence electrons. The van der Waals surface area contributed by atoms with E-state index >= 15 is 0 Å². The van der Waals surface area contributed by atoms with Gasteiger partial charge in [-0.1, -0.05) is 215 Å². The molecule has 6 nitrogen and oxygen atoms in total. The Morgan fingerprint density at radius 2 is 0.639 bits per heavy atom. The van der Waals surface area contributed by atoms with Gasteiger partial charge in [0.2, 0.25) is 0 Å². The molecule has 6 heteroatoms. The average molecular weight is 849 g/mol. The lowest BCUT2D eigenvalue weighted by molar-refractivity contribution is -0.167. The van der Waals surface area contributed by atoms with Gasteiger partial charge >= 0.3 is 17.9 Å². The number of ether oxygens (including phenoxy) is 3. The normalized spacial score (nSPS) is 12.8. The fourth-order valence-electron chi connectivity index (χ4n) is 6.66. The SMILES string of the molecule is CC/C=C\C/C=C\C/C=C\C/C=C\C/C=C\C/C=C\C/C=C\CCCCCCCCCCCCCC(=O)OCC(COC(=O)CCCCCCC)OC(=O)CCCCCCC. The number of carbonyl (C=O) groups is 3. The van der Waals surface area contributed by atoms with Crippen LogP contribution < -0.4 is 0 Å². The van der Waals surface area contributed by atoms with Crippen LogP contribution in [0.25, 0.3) is 0 Å². The van der Waals surface area contributed by atoms with Gasteiger partial charge < -0.3 is 14.2 Å². The molecule has 0 rings (SSSR count). The fourth-order valence-corrected chi connectivity index (χ4v) is 6.66. The third-order valence-electron chi connectivity index (χ3n) is 10.4. The lowest BCUT2D eigenvalue weighted by atomic mass is 10.0. The first-order valence-corrected chi connectivity index (χ1v) is 25.1. The maximum atomic E-state index is 12.5. The molecular weight excluding hydrogens is 757 g/mol. The number of allylic oxidation sites excluding steroid dienone is 14. The molecule has 0 saturated carbocycles. The third-order valence-corrected chi connectivity index (χ3v) is 10.4. The van der Waals surface area contributed by atoms with Crippen molar-refractivity contribution in [1.82, 2.24) is 0 Å². The molecule has 1 unspecified atom stereocenters. The molecule has 1 atom stereocenters. The summed E-state index contributed by atoms with van der Waals surface area (Å²) in [5, 5.41) is 0. The van der Waals surface area contributed by atoms with Gasteiger partial charge in [-0.25, -0.2) is 0 Å². The Labute approximate surface area is 375 Å². The number of hydrogen-bond donors (Lipinski definition) is 0. The van der Waals surface area contributed by atoms with Gasteiger partial charge in [0.05, 0.1) is 0 Å². The van der Waals surface area contributed by atoms with Gasteiger partial charge in [-0.3, -0.25) is 14.4 Å². The van der Waals surface area contributed by atoms with Crippen molar-refractivity contribution in [2.75, 3.05) is 13.2 Å². The van der Waals surface area contributed by atoms with E-state index in [1.165, 1.54) is 64.2 Å². The molecule has 0 N–H and O–H groups in total. The minimum absolute atomic E-state index is 0.0771. The maximum Gasteiger partial charge on any atom is 0.306 e. The van der Waals surface area contributed by atoms with Gasteiger partial charge in [0.25, 0.3) is 0 Å². The van der Waals surface area contributed by atoms with Crippen LogP contribution in [0.15, 0.2) is 85.1 Å². The molecule has 61 heavy (non-hydrogen) atoms. The predicted molar refractivity (Wildman–Crippen MR) is 261 cm³/mol. The van der Waals surface area contributed by atoms with Gasteiger partial charge in [-0.2, -0.15) is 0 Å². The molecule has 0 bridgehead atoms. The second-order valence-electron chi connectivity index (χ2n) is 16.4. The molecule has 0 aromatic heterocycles. The van der Waals surface area contributed by atoms with Crippen LogP contribution in [0.1, 0.15) is 226 Å². The zero-order valence-electron chi connectivity index (χ0n) is 39.7. The molecule has 0 aromatic rings. The standard InChI is InChI=1S/C55H92O6/c1-4-7-10-13-14-15-16-17-18-19-20-21-22-23-24-25-26-27-28-29-30-31-32-33-34-35-36-37-38-39-40-43-45-48-54(57)60-51-52(61-55(58)49-46-42-12-9-6-3)50-59-53(56)47-44-41-11-8-5-2/h7,10,14-15,17-18,20-21,23-24,26-27,29-30,52H,4-6,8-9,11-13,16,19,22,25,28,31-51H2,1-3H3/b10-7-,15-14-,18-17-,21-20-,24-23-,27-26-,30-29-. The maximum absolute atomic E-state index is 12.5. The second kappa shape index (κ2) is 49.2. The predicted octanol–water partition coefficient (Wildman–Crippen LogP) is 16.4. The van der Waals surface area contributed by atoms with Crippen LogP contribution in [0.2, 0.25) is 0 Å². The Kier molecular flexibility index (Phi) is 46.5. The zero-order valence-corrected chi connectivity index (χ0v) is 39.7. The van der Waals surface area contributed by atoms with E-state index in [1.54, 1.807) is 0 Å². The highest BCUT2D eigenvalue weighted by atomic mass is 16.6. The summed E-state index contributed by atoms with van der Waals surface area (Å²) in [6.45, 7) is 6.33. The van der Waals surface area contributed by atoms with E-state index in [-0.39, 0.29) is 31.1 Å². The highest BCUT2D eigenvalue weighted by molar-refractivity contribution is 5.71. The number of hydrogen-bond acceptors (Lipinski definition) is 6. The van der Waals surface area contributed by atoms with Crippen LogP contribution in [0.3, 0.4) is 0 Å². The number of esters is 3. The zero-order chi connectivity index (χ0) is 44.4. The topological polar surface area (TPSA) is 78.9 Å². The molecule has 0 spiro atoms. The summed E-state index contributed by atoms with van der Waals surface area (Å²) >= 11 is 0. The van der Waals surface area contributed by atoms with Gasteiger partial charge in [0, 0.05) is 19.3 Å². The van der Waals surface area contributed by atoms with E-state index < -0.39 is 6.10 Å². The molecule has 0 aliphatic carbocycles. The highest BCUT2D eigenvalue weighted by Crippen LogP contribution is 2.14. The molecule has 0 fully saturated rings. The Bertz CT molecular complexity index is 1200. The van der Waals surface area contributed by atoms with Gasteiger partial charge in [0.15, 0.2) is 6.10 Å². The smallest absolute Gasteiger partial charge is 0.306 e. The van der Waals surface area contributed by atoms with Gasteiger partial charge in [-0.15, -0.1) is 0 Å². The summed E-state index contributed by atoms with van der Waals surface area (Å²) in [5.41, 5.74) is 0. The molecule has 0 aliphatic rings. The Morgan fingerprint density at radius 3 is 1.00 bits per heavy atom. The summed E-state index contributed by atoms with van der Waals surface area (Å²) in [7, 11) is 0. The van der Waals surface area contributed by atoms with Crippen LogP contribution in [-0.4, -0.2) is 37.2 Å². The Morgan fingerprint density at radius 1 is 0.344 bits per heavy atom. The third kappa shape index (κ3) is 47.5. The second-order valence-corrected chi connectivity index (χ2v) is 16.4. The summed E-state index contributed by atoms with van der Waals surface area (Å²) in [4.78, 5) is 37.2. The van der Waals surface area contributed by atoms with Crippen molar-refractivity contribution >= 4 is 17.9 Å². The van der Waals surface area contributed by atoms with Crippen molar-refractivity contribution < 1.29 is 28.6 Å². The minimum Gasteiger partial charge on any atom is -0.462 e.